The minimum absolute atomic E-state index is 0.245. The Morgan fingerprint density at radius 1 is 1.10 bits per heavy atom. The van der Waals surface area contributed by atoms with Crippen molar-refractivity contribution in [3.8, 4) is 11.5 Å². The van der Waals surface area contributed by atoms with Crippen molar-refractivity contribution >= 4 is 17.5 Å². The van der Waals surface area contributed by atoms with E-state index in [1.165, 1.54) is 13.1 Å². The fourth-order valence-electron chi connectivity index (χ4n) is 1.80. The van der Waals surface area contributed by atoms with E-state index in [-0.39, 0.29) is 17.2 Å². The van der Waals surface area contributed by atoms with Gasteiger partial charge in [0.05, 0.1) is 11.3 Å². The lowest BCUT2D eigenvalue weighted by atomic mass is 10.1. The number of hydrogen-bond donors (Lipinski definition) is 3. The van der Waals surface area contributed by atoms with Crippen LogP contribution in [0, 0.1) is 0 Å². The Kier molecular flexibility index (Phi) is 4.08. The maximum absolute atomic E-state index is 11.5. The van der Waals surface area contributed by atoms with E-state index in [1.54, 1.807) is 36.4 Å². The fraction of sp³-hybridized carbons (Fsp3) is 0.0667. The van der Waals surface area contributed by atoms with Crippen LogP contribution in [0.4, 0.5) is 5.69 Å². The van der Waals surface area contributed by atoms with E-state index in [0.29, 0.717) is 17.1 Å². The lowest BCUT2D eigenvalue weighted by Crippen LogP contribution is -2.17. The van der Waals surface area contributed by atoms with Crippen LogP contribution in [0.25, 0.3) is 0 Å². The number of anilines is 1. The van der Waals surface area contributed by atoms with Crippen LogP contribution in [-0.2, 0) is 0 Å². The number of amides is 2. The molecule has 0 aromatic heterocycles. The molecule has 0 aliphatic carbocycles. The van der Waals surface area contributed by atoms with Gasteiger partial charge in [0, 0.05) is 12.6 Å². The van der Waals surface area contributed by atoms with E-state index in [9.17, 15) is 9.59 Å². The number of carbonyl (C=O) groups excluding carboxylic acids is 2. The quantitative estimate of drug-likeness (QED) is 0.740. The van der Waals surface area contributed by atoms with E-state index in [1.807, 2.05) is 0 Å². The summed E-state index contributed by atoms with van der Waals surface area (Å²) in [6, 6.07) is 11.2. The molecule has 0 aliphatic rings. The summed E-state index contributed by atoms with van der Waals surface area (Å²) < 4.78 is 5.61. The zero-order valence-electron chi connectivity index (χ0n) is 11.4. The average molecular weight is 285 g/mol. The first-order valence-corrected chi connectivity index (χ1v) is 6.21. The third-order valence-electron chi connectivity index (χ3n) is 2.87. The highest BCUT2D eigenvalue weighted by Crippen LogP contribution is 2.30. The first-order chi connectivity index (χ1) is 10.0. The molecule has 0 spiro atoms. The molecular weight excluding hydrogens is 270 g/mol. The molecule has 0 saturated carbocycles. The largest absolute Gasteiger partial charge is 0.454 e. The van der Waals surface area contributed by atoms with Gasteiger partial charge in [-0.05, 0) is 30.3 Å². The van der Waals surface area contributed by atoms with E-state index in [0.717, 1.165) is 0 Å². The van der Waals surface area contributed by atoms with Gasteiger partial charge in [-0.2, -0.15) is 0 Å². The fourth-order valence-corrected chi connectivity index (χ4v) is 1.80. The second kappa shape index (κ2) is 5.96. The number of nitrogens with one attached hydrogen (secondary N) is 1. The number of primary amides is 1. The van der Waals surface area contributed by atoms with Gasteiger partial charge in [-0.1, -0.05) is 12.1 Å². The lowest BCUT2D eigenvalue weighted by molar-refractivity contribution is 0.0961. The smallest absolute Gasteiger partial charge is 0.252 e. The Bertz CT molecular complexity index is 698. The summed E-state index contributed by atoms with van der Waals surface area (Å²) in [5.74, 6) is -0.183. The summed E-state index contributed by atoms with van der Waals surface area (Å²) in [7, 11) is 1.53. The number of rotatable bonds is 4. The van der Waals surface area contributed by atoms with Crippen LogP contribution in [0.5, 0.6) is 11.5 Å². The number of nitrogens with two attached hydrogens (primary N) is 2. The molecule has 21 heavy (non-hydrogen) atoms. The first kappa shape index (κ1) is 14.4. The molecule has 6 heteroatoms. The van der Waals surface area contributed by atoms with Gasteiger partial charge in [0.15, 0.2) is 0 Å². The molecule has 0 fully saturated rings. The molecule has 108 valence electrons. The Morgan fingerprint density at radius 2 is 1.81 bits per heavy atom. The molecule has 0 aliphatic heterocycles. The lowest BCUT2D eigenvalue weighted by Gasteiger charge is -2.11. The van der Waals surface area contributed by atoms with Crippen molar-refractivity contribution in [3.63, 3.8) is 0 Å². The molecule has 2 aromatic carbocycles. The topological polar surface area (TPSA) is 107 Å². The van der Waals surface area contributed by atoms with Crippen molar-refractivity contribution < 1.29 is 14.3 Å². The summed E-state index contributed by atoms with van der Waals surface area (Å²) in [6.45, 7) is 0. The third-order valence-corrected chi connectivity index (χ3v) is 2.87. The molecule has 2 amide bonds. The normalized spacial score (nSPS) is 9.95. The van der Waals surface area contributed by atoms with E-state index in [2.05, 4.69) is 5.32 Å². The van der Waals surface area contributed by atoms with Crippen LogP contribution >= 0.6 is 0 Å². The van der Waals surface area contributed by atoms with Crippen LogP contribution < -0.4 is 21.5 Å². The number of nitrogen functional groups attached to an aromatic ring is 1. The van der Waals surface area contributed by atoms with Crippen LogP contribution in [-0.4, -0.2) is 18.9 Å². The number of para-hydroxylation sites is 1. The number of ether oxygens (including phenoxy) is 1. The van der Waals surface area contributed by atoms with Gasteiger partial charge >= 0.3 is 0 Å². The highest BCUT2D eigenvalue weighted by Gasteiger charge is 2.12. The molecule has 6 nitrogen and oxygen atoms in total. The maximum atomic E-state index is 11.5. The van der Waals surface area contributed by atoms with Gasteiger partial charge in [-0.3, -0.25) is 9.59 Å². The van der Waals surface area contributed by atoms with E-state index < -0.39 is 5.91 Å². The van der Waals surface area contributed by atoms with Crippen molar-refractivity contribution in [1.29, 1.82) is 0 Å². The maximum Gasteiger partial charge on any atom is 0.252 e. The molecule has 2 aromatic rings. The van der Waals surface area contributed by atoms with Crippen molar-refractivity contribution in [2.75, 3.05) is 12.8 Å². The Hall–Kier alpha value is -3.02. The van der Waals surface area contributed by atoms with Gasteiger partial charge in [0.1, 0.15) is 11.5 Å². The molecule has 0 unspecified atom stereocenters. The Morgan fingerprint density at radius 3 is 2.43 bits per heavy atom. The van der Waals surface area contributed by atoms with Crippen molar-refractivity contribution in [2.24, 2.45) is 5.73 Å². The minimum Gasteiger partial charge on any atom is -0.454 e. The minimum atomic E-state index is -0.592. The molecule has 0 saturated heterocycles. The monoisotopic (exact) mass is 285 g/mol. The second-order valence-electron chi connectivity index (χ2n) is 4.29. The van der Waals surface area contributed by atoms with Gasteiger partial charge < -0.3 is 21.5 Å². The molecular formula is C15H15N3O3. The molecule has 5 N–H and O–H groups in total. The molecule has 0 bridgehead atoms. The van der Waals surface area contributed by atoms with Crippen molar-refractivity contribution in [1.82, 2.24) is 5.32 Å². The predicted octanol–water partition coefficient (Wildman–Crippen LogP) is 1.52. The zero-order chi connectivity index (χ0) is 15.4. The second-order valence-corrected chi connectivity index (χ2v) is 4.29. The van der Waals surface area contributed by atoms with Crippen LogP contribution in [0.15, 0.2) is 42.5 Å². The van der Waals surface area contributed by atoms with E-state index >= 15 is 0 Å². The van der Waals surface area contributed by atoms with Gasteiger partial charge in [0.2, 0.25) is 0 Å². The summed E-state index contributed by atoms with van der Waals surface area (Å²) in [6.07, 6.45) is 0. The van der Waals surface area contributed by atoms with Gasteiger partial charge in [-0.15, -0.1) is 0 Å². The number of benzene rings is 2. The van der Waals surface area contributed by atoms with Crippen molar-refractivity contribution in [3.05, 3.63) is 53.6 Å². The summed E-state index contributed by atoms with van der Waals surface area (Å²) in [4.78, 5) is 22.8. The Labute approximate surface area is 121 Å². The molecule has 0 atom stereocenters. The summed E-state index contributed by atoms with van der Waals surface area (Å²) in [5.41, 5.74) is 12.1. The SMILES string of the molecule is CNC(=O)c1ccc(Oc2ccccc2C(N)=O)c(N)c1. The summed E-state index contributed by atoms with van der Waals surface area (Å²) >= 11 is 0. The van der Waals surface area contributed by atoms with E-state index in [4.69, 9.17) is 16.2 Å². The van der Waals surface area contributed by atoms with Crippen molar-refractivity contribution in [2.45, 2.75) is 0 Å². The van der Waals surface area contributed by atoms with Crippen LogP contribution in [0.3, 0.4) is 0 Å². The Balaban J connectivity index is 2.33. The number of carbonyl (C=O) groups is 2. The third kappa shape index (κ3) is 3.11. The zero-order valence-corrected chi connectivity index (χ0v) is 11.4. The van der Waals surface area contributed by atoms with Crippen LogP contribution in [0.1, 0.15) is 20.7 Å². The molecule has 0 radical (unpaired) electrons. The van der Waals surface area contributed by atoms with Crippen LogP contribution in [0.2, 0.25) is 0 Å². The van der Waals surface area contributed by atoms with Gasteiger partial charge in [0.25, 0.3) is 11.8 Å². The van der Waals surface area contributed by atoms with Gasteiger partial charge in [-0.25, -0.2) is 0 Å². The standard InChI is InChI=1S/C15H15N3O3/c1-18-15(20)9-6-7-13(11(16)8-9)21-12-5-3-2-4-10(12)14(17)19/h2-8H,16H2,1H3,(H2,17,19)(H,18,20). The molecule has 2 rings (SSSR count). The number of hydrogen-bond acceptors (Lipinski definition) is 4. The summed E-state index contributed by atoms with van der Waals surface area (Å²) in [5, 5.41) is 2.51. The average Bonchev–Trinajstić information content (AvgIpc) is 2.48. The highest BCUT2D eigenvalue weighted by molar-refractivity contribution is 5.96. The first-order valence-electron chi connectivity index (χ1n) is 6.21. The highest BCUT2D eigenvalue weighted by atomic mass is 16.5. The predicted molar refractivity (Wildman–Crippen MR) is 79.3 cm³/mol. The molecule has 0 heterocycles.